The van der Waals surface area contributed by atoms with E-state index in [4.69, 9.17) is 18.9 Å². The van der Waals surface area contributed by atoms with Gasteiger partial charge in [0.05, 0.1) is 40.3 Å². The van der Waals surface area contributed by atoms with Gasteiger partial charge in [0, 0.05) is 12.8 Å². The van der Waals surface area contributed by atoms with Crippen LogP contribution in [-0.2, 0) is 33.3 Å². The number of carboxylic acids is 1. The number of likely N-dealkylation sites (N-methyl/N-ethyl adjacent to an activating group) is 1. The van der Waals surface area contributed by atoms with Gasteiger partial charge in [0.1, 0.15) is 13.2 Å². The Morgan fingerprint density at radius 2 is 0.634 bits per heavy atom. The van der Waals surface area contributed by atoms with Crippen molar-refractivity contribution in [3.05, 3.63) is 0 Å². The predicted molar refractivity (Wildman–Crippen MR) is 297 cm³/mol. The first-order valence-corrected chi connectivity index (χ1v) is 31.2. The second-order valence-electron chi connectivity index (χ2n) is 22.7. The molecule has 0 rings (SSSR count). The number of carbonyl (C=O) groups is 3. The van der Waals surface area contributed by atoms with Crippen LogP contribution in [0.15, 0.2) is 0 Å². The molecule has 9 heteroatoms. The van der Waals surface area contributed by atoms with Crippen LogP contribution in [0.3, 0.4) is 0 Å². The van der Waals surface area contributed by atoms with Gasteiger partial charge in [-0.3, -0.25) is 9.59 Å². The molecule has 0 aromatic rings. The third-order valence-corrected chi connectivity index (χ3v) is 14.4. The van der Waals surface area contributed by atoms with Crippen molar-refractivity contribution in [1.29, 1.82) is 0 Å². The van der Waals surface area contributed by atoms with Gasteiger partial charge < -0.3 is 33.3 Å². The minimum absolute atomic E-state index is 0.153. The van der Waals surface area contributed by atoms with Gasteiger partial charge in [-0.15, -0.1) is 0 Å². The average molecular weight is 1010 g/mol. The zero-order valence-corrected chi connectivity index (χ0v) is 48.1. The third-order valence-electron chi connectivity index (χ3n) is 14.4. The molecule has 2 unspecified atom stereocenters. The minimum Gasteiger partial charge on any atom is -0.545 e. The number of unbranched alkanes of at least 4 members (excludes halogenated alkanes) is 44. The fourth-order valence-electron chi connectivity index (χ4n) is 9.54. The highest BCUT2D eigenvalue weighted by Gasteiger charge is 2.22. The second kappa shape index (κ2) is 54.5. The van der Waals surface area contributed by atoms with Crippen LogP contribution in [0.5, 0.6) is 0 Å². The van der Waals surface area contributed by atoms with E-state index in [2.05, 4.69) is 13.8 Å². The van der Waals surface area contributed by atoms with E-state index in [0.29, 0.717) is 17.4 Å². The molecule has 71 heavy (non-hydrogen) atoms. The van der Waals surface area contributed by atoms with Crippen molar-refractivity contribution in [3.63, 3.8) is 0 Å². The molecule has 0 aromatic carbocycles. The topological polar surface area (TPSA) is 111 Å². The molecule has 2 atom stereocenters. The molecule has 0 aliphatic rings. The predicted octanol–water partition coefficient (Wildman–Crippen LogP) is 17.0. The molecule has 0 fully saturated rings. The number of ether oxygens (including phenoxy) is 4. The van der Waals surface area contributed by atoms with Crippen molar-refractivity contribution in [2.45, 2.75) is 334 Å². The van der Waals surface area contributed by atoms with Crippen LogP contribution in [0, 0.1) is 0 Å². The van der Waals surface area contributed by atoms with E-state index >= 15 is 0 Å². The summed E-state index contributed by atoms with van der Waals surface area (Å²) in [6, 6.07) is 0. The maximum Gasteiger partial charge on any atom is 0.306 e. The van der Waals surface area contributed by atoms with E-state index in [1.54, 1.807) is 0 Å². The Labute approximate surface area is 441 Å². The van der Waals surface area contributed by atoms with Crippen molar-refractivity contribution in [1.82, 2.24) is 0 Å². The lowest BCUT2D eigenvalue weighted by atomic mass is 10.0. The summed E-state index contributed by atoms with van der Waals surface area (Å²) in [6.07, 6.45) is 58.7. The van der Waals surface area contributed by atoms with E-state index in [0.717, 1.165) is 38.5 Å². The number of quaternary nitrogens is 1. The van der Waals surface area contributed by atoms with Gasteiger partial charge in [-0.25, -0.2) is 0 Å². The van der Waals surface area contributed by atoms with Crippen LogP contribution in [0.25, 0.3) is 0 Å². The molecule has 0 aliphatic heterocycles. The standard InChI is InChI=1S/C62H121NO8/c1-6-8-10-12-14-16-18-20-22-24-26-28-30-32-34-36-38-40-42-44-46-48-50-52-59(64)69-56-58(57-70-62(61(66)67)68-55-54-63(3,4)5)71-60(65)53-51-49-47-45-43-41-39-37-35-33-31-29-27-25-23-21-19-17-15-13-11-9-7-2/h58,62H,6-57H2,1-5H3. The number of carboxylic acid groups (broad SMARTS) is 1. The summed E-state index contributed by atoms with van der Waals surface area (Å²) in [6.45, 7) is 4.83. The highest BCUT2D eigenvalue weighted by Crippen LogP contribution is 2.18. The van der Waals surface area contributed by atoms with Gasteiger partial charge in [0.25, 0.3) is 0 Å². The molecule has 0 heterocycles. The van der Waals surface area contributed by atoms with Crippen LogP contribution < -0.4 is 5.11 Å². The lowest BCUT2D eigenvalue weighted by Gasteiger charge is -2.26. The molecule has 0 bridgehead atoms. The molecule has 0 saturated heterocycles. The van der Waals surface area contributed by atoms with Crippen LogP contribution in [0.2, 0.25) is 0 Å². The summed E-state index contributed by atoms with van der Waals surface area (Å²) < 4.78 is 22.8. The Morgan fingerprint density at radius 3 is 0.901 bits per heavy atom. The molecule has 0 aliphatic carbocycles. The maximum absolute atomic E-state index is 12.9. The van der Waals surface area contributed by atoms with Gasteiger partial charge in [-0.1, -0.05) is 296 Å². The number of hydrogen-bond acceptors (Lipinski definition) is 8. The molecule has 0 aromatic heterocycles. The third kappa shape index (κ3) is 55.9. The molecule has 0 spiro atoms. The molecular formula is C62H121NO8. The van der Waals surface area contributed by atoms with Crippen LogP contribution in [-0.4, -0.2) is 82.3 Å². The summed E-state index contributed by atoms with van der Waals surface area (Å²) in [5, 5.41) is 11.8. The van der Waals surface area contributed by atoms with Gasteiger partial charge >= 0.3 is 11.9 Å². The van der Waals surface area contributed by atoms with Gasteiger partial charge in [-0.05, 0) is 12.8 Å². The molecule has 422 valence electrons. The van der Waals surface area contributed by atoms with E-state index < -0.39 is 24.3 Å². The van der Waals surface area contributed by atoms with Crippen molar-refractivity contribution in [3.8, 4) is 0 Å². The number of hydrogen-bond donors (Lipinski definition) is 0. The smallest absolute Gasteiger partial charge is 0.306 e. The lowest BCUT2D eigenvalue weighted by molar-refractivity contribution is -0.870. The number of nitrogens with zero attached hydrogens (tertiary/aromatic N) is 1. The zero-order valence-electron chi connectivity index (χ0n) is 48.1. The van der Waals surface area contributed by atoms with Crippen molar-refractivity contribution >= 4 is 17.9 Å². The summed E-state index contributed by atoms with van der Waals surface area (Å²) in [5.74, 6) is -2.25. The lowest BCUT2D eigenvalue weighted by Crippen LogP contribution is -2.44. The summed E-state index contributed by atoms with van der Waals surface area (Å²) in [5.41, 5.74) is 0. The number of aliphatic carboxylic acids is 1. The first-order chi connectivity index (χ1) is 34.6. The van der Waals surface area contributed by atoms with E-state index in [1.165, 1.54) is 257 Å². The molecule has 0 radical (unpaired) electrons. The quantitative estimate of drug-likeness (QED) is 0.0256. The molecule has 0 amide bonds. The first kappa shape index (κ1) is 69.3. The normalized spacial score (nSPS) is 12.6. The molecule has 0 N–H and O–H groups in total. The monoisotopic (exact) mass is 1010 g/mol. The molecular weight excluding hydrogens is 887 g/mol. The van der Waals surface area contributed by atoms with Crippen molar-refractivity contribution < 1.29 is 42.9 Å². The summed E-state index contributed by atoms with van der Waals surface area (Å²) in [4.78, 5) is 37.3. The largest absolute Gasteiger partial charge is 0.545 e. The Kier molecular flexibility index (Phi) is 53.2. The number of rotatable bonds is 59. The fourth-order valence-corrected chi connectivity index (χ4v) is 9.54. The summed E-state index contributed by atoms with van der Waals surface area (Å²) in [7, 11) is 5.94. The zero-order chi connectivity index (χ0) is 52.0. The Morgan fingerprint density at radius 1 is 0.366 bits per heavy atom. The van der Waals surface area contributed by atoms with Gasteiger partial charge in [0.2, 0.25) is 0 Å². The number of carbonyl (C=O) groups excluding carboxylic acids is 3. The Hall–Kier alpha value is -1.71. The van der Waals surface area contributed by atoms with Crippen molar-refractivity contribution in [2.24, 2.45) is 0 Å². The van der Waals surface area contributed by atoms with E-state index in [1.807, 2.05) is 21.1 Å². The molecule has 9 nitrogen and oxygen atoms in total. The summed E-state index contributed by atoms with van der Waals surface area (Å²) >= 11 is 0. The SMILES string of the molecule is CCCCCCCCCCCCCCCCCCCCCCCCCC(=O)OCC(COC(OCC[N+](C)(C)C)C(=O)[O-])OC(=O)CCCCCCCCCCCCCCCCCCCCCCCCC. The highest BCUT2D eigenvalue weighted by molar-refractivity contribution is 5.70. The van der Waals surface area contributed by atoms with Gasteiger partial charge in [-0.2, -0.15) is 0 Å². The molecule has 0 saturated carbocycles. The average Bonchev–Trinajstić information content (AvgIpc) is 3.34. The van der Waals surface area contributed by atoms with E-state index in [9.17, 15) is 19.5 Å². The van der Waals surface area contributed by atoms with Gasteiger partial charge in [0.15, 0.2) is 12.4 Å². The maximum atomic E-state index is 12.9. The van der Waals surface area contributed by atoms with Crippen molar-refractivity contribution in [2.75, 3.05) is 47.5 Å². The van der Waals surface area contributed by atoms with Crippen LogP contribution in [0.4, 0.5) is 0 Å². The highest BCUT2D eigenvalue weighted by atomic mass is 16.7. The fraction of sp³-hybridized carbons (Fsp3) is 0.952. The Balaban J connectivity index is 4.14. The number of esters is 2. The van der Waals surface area contributed by atoms with Crippen LogP contribution >= 0.6 is 0 Å². The first-order valence-electron chi connectivity index (χ1n) is 31.2. The Bertz CT molecular complexity index is 1130. The van der Waals surface area contributed by atoms with E-state index in [-0.39, 0.29) is 32.2 Å². The minimum atomic E-state index is -1.61. The second-order valence-corrected chi connectivity index (χ2v) is 22.7. The van der Waals surface area contributed by atoms with Crippen LogP contribution in [0.1, 0.15) is 322 Å².